The summed E-state index contributed by atoms with van der Waals surface area (Å²) >= 11 is 0. The monoisotopic (exact) mass is 354 g/mol. The first-order valence-electron chi connectivity index (χ1n) is 7.96. The lowest BCUT2D eigenvalue weighted by Gasteiger charge is -2.14. The summed E-state index contributed by atoms with van der Waals surface area (Å²) in [6.07, 6.45) is 4.50. The quantitative estimate of drug-likeness (QED) is 0.776. The molecular formula is C17H14F2N7. The van der Waals surface area contributed by atoms with Gasteiger partial charge < -0.3 is 5.73 Å². The Morgan fingerprint density at radius 3 is 2.88 bits per heavy atom. The third kappa shape index (κ3) is 2.82. The molecule has 131 valence electrons. The Morgan fingerprint density at radius 1 is 1.19 bits per heavy atom. The van der Waals surface area contributed by atoms with E-state index in [1.807, 2.05) is 6.08 Å². The van der Waals surface area contributed by atoms with E-state index < -0.39 is 11.6 Å². The molecular weight excluding hydrogens is 340 g/mol. The first-order chi connectivity index (χ1) is 12.6. The summed E-state index contributed by atoms with van der Waals surface area (Å²) < 4.78 is 28.9. The summed E-state index contributed by atoms with van der Waals surface area (Å²) in [5, 5.41) is 15.6. The maximum Gasteiger partial charge on any atom is 0.190 e. The number of halogens is 2. The van der Waals surface area contributed by atoms with Crippen LogP contribution in [0.15, 0.2) is 36.5 Å². The van der Waals surface area contributed by atoms with Gasteiger partial charge in [-0.25, -0.2) is 19.1 Å². The number of anilines is 1. The lowest BCUT2D eigenvalue weighted by molar-refractivity contribution is 0.501. The Labute approximate surface area is 147 Å². The van der Waals surface area contributed by atoms with Crippen LogP contribution in [-0.2, 0) is 0 Å². The second kappa shape index (κ2) is 6.60. The fourth-order valence-corrected chi connectivity index (χ4v) is 2.83. The predicted molar refractivity (Wildman–Crippen MR) is 91.2 cm³/mol. The highest BCUT2D eigenvalue weighted by molar-refractivity contribution is 5.76. The largest absolute Gasteiger partial charge is 0.383 e. The average Bonchev–Trinajstić information content (AvgIpc) is 3.14. The maximum absolute atomic E-state index is 14.2. The topological polar surface area (TPSA) is 96.6 Å². The van der Waals surface area contributed by atoms with Gasteiger partial charge in [0, 0.05) is 19.3 Å². The highest BCUT2D eigenvalue weighted by Crippen LogP contribution is 2.29. The van der Waals surface area contributed by atoms with Crippen LogP contribution in [-0.4, -0.2) is 38.3 Å². The molecule has 0 spiro atoms. The van der Waals surface area contributed by atoms with E-state index in [0.29, 0.717) is 12.1 Å². The van der Waals surface area contributed by atoms with E-state index in [4.69, 9.17) is 5.73 Å². The molecule has 0 aliphatic carbocycles. The zero-order chi connectivity index (χ0) is 18.1. The molecule has 7 nitrogen and oxygen atoms in total. The van der Waals surface area contributed by atoms with E-state index in [9.17, 15) is 8.78 Å². The molecule has 3 aromatic rings. The van der Waals surface area contributed by atoms with Gasteiger partial charge in [-0.05, 0) is 46.2 Å². The van der Waals surface area contributed by atoms with Crippen molar-refractivity contribution in [1.82, 2.24) is 30.5 Å². The summed E-state index contributed by atoms with van der Waals surface area (Å²) in [7, 11) is 0. The minimum absolute atomic E-state index is 0.106. The molecule has 3 heterocycles. The molecule has 1 aromatic carbocycles. The zero-order valence-corrected chi connectivity index (χ0v) is 13.6. The number of tetrazole rings is 1. The third-order valence-electron chi connectivity index (χ3n) is 4.17. The zero-order valence-electron chi connectivity index (χ0n) is 13.6. The smallest absolute Gasteiger partial charge is 0.190 e. The van der Waals surface area contributed by atoms with Crippen LogP contribution in [0.4, 0.5) is 14.6 Å². The summed E-state index contributed by atoms with van der Waals surface area (Å²) in [6, 6.07) is 5.60. The Morgan fingerprint density at radius 2 is 2.08 bits per heavy atom. The van der Waals surface area contributed by atoms with Crippen LogP contribution in [0.2, 0.25) is 0 Å². The fourth-order valence-electron chi connectivity index (χ4n) is 2.83. The number of rotatable bonds is 3. The van der Waals surface area contributed by atoms with Gasteiger partial charge in [0.2, 0.25) is 0 Å². The molecule has 0 bridgehead atoms. The van der Waals surface area contributed by atoms with Gasteiger partial charge in [0.05, 0.1) is 5.56 Å². The summed E-state index contributed by atoms with van der Waals surface area (Å²) in [6.45, 7) is 1.40. The van der Waals surface area contributed by atoms with Crippen LogP contribution in [0.25, 0.3) is 22.6 Å². The Bertz CT molecular complexity index is 997. The molecule has 0 atom stereocenters. The SMILES string of the molecule is Nc1ncc(C2=CC[N]CC2)cc1-c1nnnn1-c1cccc(F)c1F. The van der Waals surface area contributed by atoms with Gasteiger partial charge in [-0.2, -0.15) is 4.68 Å². The van der Waals surface area contributed by atoms with Crippen molar-refractivity contribution in [2.45, 2.75) is 6.42 Å². The van der Waals surface area contributed by atoms with Crippen LogP contribution in [0.1, 0.15) is 12.0 Å². The van der Waals surface area contributed by atoms with Crippen LogP contribution >= 0.6 is 0 Å². The van der Waals surface area contributed by atoms with Crippen molar-refractivity contribution in [2.24, 2.45) is 0 Å². The molecule has 1 aliphatic heterocycles. The summed E-state index contributed by atoms with van der Waals surface area (Å²) in [4.78, 5) is 4.21. The molecule has 9 heteroatoms. The van der Waals surface area contributed by atoms with Gasteiger partial charge in [0.1, 0.15) is 11.5 Å². The van der Waals surface area contributed by atoms with Gasteiger partial charge in [-0.3, -0.25) is 0 Å². The number of nitrogens with two attached hydrogens (primary N) is 1. The standard InChI is InChI=1S/C17H14F2N7/c18-13-2-1-3-14(15(13)19)26-17(23-24-25-26)12-8-11(9-22-16(12)20)10-4-6-21-7-5-10/h1-4,8-9H,5-7H2,(H2,20,22). The number of benzene rings is 1. The summed E-state index contributed by atoms with van der Waals surface area (Å²) in [5.41, 5.74) is 8.31. The molecule has 1 aliphatic rings. The normalized spacial score (nSPS) is 14.3. The van der Waals surface area contributed by atoms with Crippen molar-refractivity contribution < 1.29 is 8.78 Å². The molecule has 2 N–H and O–H groups in total. The molecule has 0 saturated carbocycles. The maximum atomic E-state index is 14.2. The van der Waals surface area contributed by atoms with Gasteiger partial charge in [0.25, 0.3) is 0 Å². The van der Waals surface area contributed by atoms with Gasteiger partial charge in [-0.1, -0.05) is 12.1 Å². The first kappa shape index (κ1) is 16.3. The Kier molecular flexibility index (Phi) is 4.13. The first-order valence-corrected chi connectivity index (χ1v) is 7.96. The summed E-state index contributed by atoms with van der Waals surface area (Å²) in [5.74, 6) is -1.65. The molecule has 0 amide bonds. The van der Waals surface area contributed by atoms with Crippen LogP contribution in [0.3, 0.4) is 0 Å². The number of pyridine rings is 1. The lowest BCUT2D eigenvalue weighted by Crippen LogP contribution is -2.13. The predicted octanol–water partition coefficient (Wildman–Crippen LogP) is 1.98. The minimum atomic E-state index is -1.04. The fraction of sp³-hybridized carbons (Fsp3) is 0.176. The van der Waals surface area contributed by atoms with E-state index in [0.717, 1.165) is 34.9 Å². The molecule has 0 saturated heterocycles. The molecule has 0 fully saturated rings. The number of hydrogen-bond donors (Lipinski definition) is 1. The number of aromatic nitrogens is 5. The van der Waals surface area contributed by atoms with E-state index >= 15 is 0 Å². The van der Waals surface area contributed by atoms with Crippen LogP contribution in [0.5, 0.6) is 0 Å². The Balaban J connectivity index is 1.83. The lowest BCUT2D eigenvalue weighted by atomic mass is 10.00. The number of hydrogen-bond acceptors (Lipinski definition) is 5. The Hall–Kier alpha value is -3.20. The van der Waals surface area contributed by atoms with E-state index in [2.05, 4.69) is 25.8 Å². The highest BCUT2D eigenvalue weighted by atomic mass is 19.2. The molecule has 4 rings (SSSR count). The van der Waals surface area contributed by atoms with Crippen molar-refractivity contribution in [1.29, 1.82) is 0 Å². The van der Waals surface area contributed by atoms with Crippen molar-refractivity contribution in [2.75, 3.05) is 18.8 Å². The number of nitrogens with zero attached hydrogens (tertiary/aromatic N) is 6. The van der Waals surface area contributed by atoms with E-state index in [1.165, 1.54) is 12.1 Å². The van der Waals surface area contributed by atoms with Crippen LogP contribution < -0.4 is 11.1 Å². The molecule has 26 heavy (non-hydrogen) atoms. The highest BCUT2D eigenvalue weighted by Gasteiger charge is 2.20. The average molecular weight is 354 g/mol. The second-order valence-corrected chi connectivity index (χ2v) is 5.75. The molecule has 1 radical (unpaired) electrons. The third-order valence-corrected chi connectivity index (χ3v) is 4.17. The molecule has 2 aromatic heterocycles. The number of nitrogen functional groups attached to an aromatic ring is 1. The van der Waals surface area contributed by atoms with Gasteiger partial charge in [-0.15, -0.1) is 5.10 Å². The van der Waals surface area contributed by atoms with Gasteiger partial charge >= 0.3 is 0 Å². The second-order valence-electron chi connectivity index (χ2n) is 5.75. The van der Waals surface area contributed by atoms with E-state index in [-0.39, 0.29) is 17.3 Å². The van der Waals surface area contributed by atoms with Crippen molar-refractivity contribution in [3.63, 3.8) is 0 Å². The van der Waals surface area contributed by atoms with Crippen molar-refractivity contribution in [3.8, 4) is 17.1 Å². The van der Waals surface area contributed by atoms with Crippen LogP contribution in [0, 0.1) is 11.6 Å². The van der Waals surface area contributed by atoms with E-state index in [1.54, 1.807) is 12.3 Å². The van der Waals surface area contributed by atoms with Crippen molar-refractivity contribution >= 4 is 11.4 Å². The van der Waals surface area contributed by atoms with Crippen molar-refractivity contribution in [3.05, 3.63) is 53.7 Å². The minimum Gasteiger partial charge on any atom is -0.383 e. The van der Waals surface area contributed by atoms with Gasteiger partial charge in [0.15, 0.2) is 17.5 Å². The molecule has 0 unspecified atom stereocenters.